The number of aryl methyl sites for hydroxylation is 2. The Morgan fingerprint density at radius 1 is 1.03 bits per heavy atom. The quantitative estimate of drug-likeness (QED) is 0.522. The van der Waals surface area contributed by atoms with Crippen LogP contribution in [0.15, 0.2) is 54.7 Å². The number of hydrogen-bond acceptors (Lipinski definition) is 3. The van der Waals surface area contributed by atoms with Crippen LogP contribution >= 0.6 is 0 Å². The molecule has 7 heteroatoms. The predicted molar refractivity (Wildman–Crippen MR) is 137 cm³/mol. The SMILES string of the molecule is Cc1ccc(-n2cc(-c3ccccc3)nc2NC(=O)CN(C(=O)NC(C)(C)C)C(C)C)cc1C. The van der Waals surface area contributed by atoms with Crippen molar-refractivity contribution in [3.05, 3.63) is 65.9 Å². The summed E-state index contributed by atoms with van der Waals surface area (Å²) in [6.45, 7) is 13.5. The lowest BCUT2D eigenvalue weighted by atomic mass is 10.1. The first-order chi connectivity index (χ1) is 15.9. The normalized spacial score (nSPS) is 11.4. The highest BCUT2D eigenvalue weighted by molar-refractivity contribution is 5.93. The standard InChI is InChI=1S/C27H35N5O2/c1-18(2)31(26(34)30-27(5,6)7)17-24(33)29-25-28-23(21-11-9-8-10-12-21)16-32(25)22-14-13-19(3)20(4)15-22/h8-16,18H,17H2,1-7H3,(H,30,34)(H,28,29,33). The fourth-order valence-corrected chi connectivity index (χ4v) is 3.49. The Hall–Kier alpha value is -3.61. The van der Waals surface area contributed by atoms with Crippen LogP contribution in [-0.4, -0.2) is 44.5 Å². The second-order valence-corrected chi connectivity index (χ2v) is 9.90. The van der Waals surface area contributed by atoms with Gasteiger partial charge in [-0.15, -0.1) is 0 Å². The van der Waals surface area contributed by atoms with Crippen LogP contribution in [0.25, 0.3) is 16.9 Å². The van der Waals surface area contributed by atoms with Gasteiger partial charge in [-0.1, -0.05) is 36.4 Å². The minimum Gasteiger partial charge on any atom is -0.333 e. The molecule has 0 aliphatic rings. The van der Waals surface area contributed by atoms with Crippen molar-refractivity contribution in [3.8, 4) is 16.9 Å². The molecule has 0 unspecified atom stereocenters. The topological polar surface area (TPSA) is 79.3 Å². The summed E-state index contributed by atoms with van der Waals surface area (Å²) in [6.07, 6.45) is 1.92. The van der Waals surface area contributed by atoms with Gasteiger partial charge in [-0.2, -0.15) is 0 Å². The number of rotatable bonds is 6. The van der Waals surface area contributed by atoms with Gasteiger partial charge in [0.15, 0.2) is 0 Å². The van der Waals surface area contributed by atoms with E-state index in [0.717, 1.165) is 22.5 Å². The molecule has 3 rings (SSSR count). The second kappa shape index (κ2) is 10.1. The number of amides is 3. The molecule has 3 aromatic rings. The number of hydrogen-bond donors (Lipinski definition) is 2. The van der Waals surface area contributed by atoms with Gasteiger partial charge in [-0.25, -0.2) is 9.78 Å². The van der Waals surface area contributed by atoms with E-state index in [1.165, 1.54) is 10.5 Å². The highest BCUT2D eigenvalue weighted by Crippen LogP contribution is 2.25. The molecule has 0 radical (unpaired) electrons. The Morgan fingerprint density at radius 3 is 2.29 bits per heavy atom. The van der Waals surface area contributed by atoms with Crippen molar-refractivity contribution < 1.29 is 9.59 Å². The largest absolute Gasteiger partial charge is 0.333 e. The molecule has 3 amide bonds. The zero-order valence-corrected chi connectivity index (χ0v) is 21.1. The predicted octanol–water partition coefficient (Wildman–Crippen LogP) is 5.31. The van der Waals surface area contributed by atoms with E-state index in [0.29, 0.717) is 5.95 Å². The van der Waals surface area contributed by atoms with Crippen molar-refractivity contribution in [2.45, 2.75) is 60.0 Å². The van der Waals surface area contributed by atoms with Crippen LogP contribution < -0.4 is 10.6 Å². The van der Waals surface area contributed by atoms with Gasteiger partial charge in [-0.3, -0.25) is 14.7 Å². The lowest BCUT2D eigenvalue weighted by Gasteiger charge is -2.30. The van der Waals surface area contributed by atoms with E-state index in [2.05, 4.69) is 36.6 Å². The maximum Gasteiger partial charge on any atom is 0.318 e. The van der Waals surface area contributed by atoms with E-state index in [9.17, 15) is 9.59 Å². The molecular weight excluding hydrogens is 426 g/mol. The van der Waals surface area contributed by atoms with Gasteiger partial charge >= 0.3 is 6.03 Å². The number of anilines is 1. The molecule has 0 saturated carbocycles. The Bertz CT molecular complexity index is 1160. The zero-order valence-electron chi connectivity index (χ0n) is 21.1. The number of nitrogens with zero attached hydrogens (tertiary/aromatic N) is 3. The third kappa shape index (κ3) is 6.25. The highest BCUT2D eigenvalue weighted by Gasteiger charge is 2.25. The summed E-state index contributed by atoms with van der Waals surface area (Å²) in [5.74, 6) is 0.0973. The van der Waals surface area contributed by atoms with Gasteiger partial charge in [0.1, 0.15) is 6.54 Å². The van der Waals surface area contributed by atoms with E-state index < -0.39 is 5.54 Å². The molecular formula is C27H35N5O2. The monoisotopic (exact) mass is 461 g/mol. The zero-order chi connectivity index (χ0) is 25.0. The van der Waals surface area contributed by atoms with Crippen LogP contribution in [0.5, 0.6) is 0 Å². The van der Waals surface area contributed by atoms with Crippen molar-refractivity contribution in [1.82, 2.24) is 19.8 Å². The number of urea groups is 1. The van der Waals surface area contributed by atoms with Crippen molar-refractivity contribution in [1.29, 1.82) is 0 Å². The van der Waals surface area contributed by atoms with Gasteiger partial charge in [0.05, 0.1) is 5.69 Å². The van der Waals surface area contributed by atoms with Crippen LogP contribution in [0.4, 0.5) is 10.7 Å². The Balaban J connectivity index is 1.91. The first-order valence-electron chi connectivity index (χ1n) is 11.6. The molecule has 0 fully saturated rings. The van der Waals surface area contributed by atoms with Crippen LogP contribution in [0.2, 0.25) is 0 Å². The molecule has 1 heterocycles. The summed E-state index contributed by atoms with van der Waals surface area (Å²) < 4.78 is 1.88. The minimum absolute atomic E-state index is 0.0833. The summed E-state index contributed by atoms with van der Waals surface area (Å²) in [6, 6.07) is 15.5. The van der Waals surface area contributed by atoms with Gasteiger partial charge < -0.3 is 10.2 Å². The van der Waals surface area contributed by atoms with Crippen molar-refractivity contribution in [2.24, 2.45) is 0 Å². The van der Waals surface area contributed by atoms with E-state index in [-0.39, 0.29) is 24.5 Å². The summed E-state index contributed by atoms with van der Waals surface area (Å²) >= 11 is 0. The van der Waals surface area contributed by atoms with E-state index >= 15 is 0 Å². The number of nitrogens with one attached hydrogen (secondary N) is 2. The average molecular weight is 462 g/mol. The van der Waals surface area contributed by atoms with E-state index in [1.807, 2.05) is 81.8 Å². The number of aromatic nitrogens is 2. The molecule has 0 bridgehead atoms. The molecule has 2 aromatic carbocycles. The fourth-order valence-electron chi connectivity index (χ4n) is 3.49. The molecule has 34 heavy (non-hydrogen) atoms. The highest BCUT2D eigenvalue weighted by atomic mass is 16.2. The van der Waals surface area contributed by atoms with Crippen LogP contribution in [0.3, 0.4) is 0 Å². The molecule has 180 valence electrons. The smallest absolute Gasteiger partial charge is 0.318 e. The first kappa shape index (κ1) is 25.0. The summed E-state index contributed by atoms with van der Waals surface area (Å²) in [4.78, 5) is 32.0. The first-order valence-corrected chi connectivity index (χ1v) is 11.6. The van der Waals surface area contributed by atoms with E-state index in [1.54, 1.807) is 0 Å². The average Bonchev–Trinajstić information content (AvgIpc) is 3.16. The Kier molecular flexibility index (Phi) is 7.44. The lowest BCUT2D eigenvalue weighted by Crippen LogP contribution is -2.52. The van der Waals surface area contributed by atoms with Gasteiger partial charge in [0, 0.05) is 29.0 Å². The molecule has 0 aliphatic carbocycles. The number of carbonyl (C=O) groups is 2. The van der Waals surface area contributed by atoms with Crippen molar-refractivity contribution in [3.63, 3.8) is 0 Å². The fraction of sp³-hybridized carbons (Fsp3) is 0.370. The van der Waals surface area contributed by atoms with Crippen LogP contribution in [-0.2, 0) is 4.79 Å². The van der Waals surface area contributed by atoms with Crippen LogP contribution in [0.1, 0.15) is 45.7 Å². The molecule has 0 saturated heterocycles. The minimum atomic E-state index is -0.398. The van der Waals surface area contributed by atoms with Crippen molar-refractivity contribution >= 4 is 17.9 Å². The molecule has 0 spiro atoms. The van der Waals surface area contributed by atoms with Gasteiger partial charge in [-0.05, 0) is 71.7 Å². The van der Waals surface area contributed by atoms with E-state index in [4.69, 9.17) is 4.98 Å². The molecule has 0 atom stereocenters. The Morgan fingerprint density at radius 2 is 1.71 bits per heavy atom. The summed E-state index contributed by atoms with van der Waals surface area (Å²) in [5, 5.41) is 5.86. The van der Waals surface area contributed by atoms with Crippen molar-refractivity contribution in [2.75, 3.05) is 11.9 Å². The number of carbonyl (C=O) groups excluding carboxylic acids is 2. The maximum atomic E-state index is 13.1. The summed E-state index contributed by atoms with van der Waals surface area (Å²) in [7, 11) is 0. The number of imidazole rings is 1. The molecule has 7 nitrogen and oxygen atoms in total. The molecule has 1 aromatic heterocycles. The molecule has 2 N–H and O–H groups in total. The third-order valence-corrected chi connectivity index (χ3v) is 5.48. The Labute approximate surface area is 202 Å². The maximum absolute atomic E-state index is 13.1. The summed E-state index contributed by atoms with van der Waals surface area (Å²) in [5.41, 5.74) is 4.54. The third-order valence-electron chi connectivity index (χ3n) is 5.48. The lowest BCUT2D eigenvalue weighted by molar-refractivity contribution is -0.117. The van der Waals surface area contributed by atoms with Gasteiger partial charge in [0.25, 0.3) is 0 Å². The van der Waals surface area contributed by atoms with Gasteiger partial charge in [0.2, 0.25) is 11.9 Å². The second-order valence-electron chi connectivity index (χ2n) is 9.90. The van der Waals surface area contributed by atoms with Crippen LogP contribution in [0, 0.1) is 13.8 Å². The molecule has 0 aliphatic heterocycles. The number of benzene rings is 2.